The monoisotopic (exact) mass is 290 g/mol. The van der Waals surface area contributed by atoms with Gasteiger partial charge in [0, 0.05) is 19.2 Å². The highest BCUT2D eigenvalue weighted by molar-refractivity contribution is 7.89. The molecule has 2 heterocycles. The van der Waals surface area contributed by atoms with Crippen LogP contribution in [0.1, 0.15) is 6.42 Å². The topological polar surface area (TPSA) is 106 Å². The summed E-state index contributed by atoms with van der Waals surface area (Å²) in [5, 5.41) is 8.29. The van der Waals surface area contributed by atoms with Crippen molar-refractivity contribution >= 4 is 16.0 Å². The number of halogens is 1. The minimum absolute atomic E-state index is 0.0317. The summed E-state index contributed by atoms with van der Waals surface area (Å²) in [6.07, 6.45) is 1.08. The fourth-order valence-corrected chi connectivity index (χ4v) is 3.12. The molecule has 0 aliphatic carbocycles. The first-order valence-electron chi connectivity index (χ1n) is 5.33. The first kappa shape index (κ1) is 13.8. The average molecular weight is 290 g/mol. The lowest BCUT2D eigenvalue weighted by molar-refractivity contribution is -0.144. The first-order chi connectivity index (χ1) is 8.87. The van der Waals surface area contributed by atoms with Gasteiger partial charge in [0.05, 0.1) is 6.61 Å². The van der Waals surface area contributed by atoms with Gasteiger partial charge in [-0.05, 0) is 12.1 Å². The van der Waals surface area contributed by atoms with Crippen molar-refractivity contribution in [2.24, 2.45) is 0 Å². The van der Waals surface area contributed by atoms with Gasteiger partial charge in [0.2, 0.25) is 5.03 Å². The van der Waals surface area contributed by atoms with Gasteiger partial charge in [-0.3, -0.25) is 4.79 Å². The number of sulfonamides is 1. The minimum atomic E-state index is -4.37. The molecule has 2 N–H and O–H groups in total. The van der Waals surface area contributed by atoms with Crippen molar-refractivity contribution in [2.75, 3.05) is 13.2 Å². The fraction of sp³-hybridized carbons (Fsp3) is 0.400. The number of hydrogen-bond acceptors (Lipinski definition) is 5. The van der Waals surface area contributed by atoms with E-state index in [1.807, 2.05) is 4.72 Å². The Balaban J connectivity index is 2.36. The summed E-state index contributed by atoms with van der Waals surface area (Å²) in [5.74, 6) is -2.42. The molecule has 9 heteroatoms. The lowest BCUT2D eigenvalue weighted by atomic mass is 10.0. The second-order valence-electron chi connectivity index (χ2n) is 4.09. The van der Waals surface area contributed by atoms with Gasteiger partial charge in [-0.15, -0.1) is 0 Å². The van der Waals surface area contributed by atoms with Crippen LogP contribution in [0.3, 0.4) is 0 Å². The largest absolute Gasteiger partial charge is 0.480 e. The third kappa shape index (κ3) is 2.57. The molecule has 104 valence electrons. The Morgan fingerprint density at radius 3 is 2.84 bits per heavy atom. The number of carboxylic acid groups (broad SMARTS) is 1. The van der Waals surface area contributed by atoms with E-state index in [2.05, 4.69) is 4.98 Å². The predicted molar refractivity (Wildman–Crippen MR) is 60.3 cm³/mol. The van der Waals surface area contributed by atoms with E-state index in [0.29, 0.717) is 0 Å². The molecule has 1 aliphatic heterocycles. The molecular formula is C10H11FN2O5S. The molecule has 1 aliphatic rings. The Bertz CT molecular complexity index is 598. The van der Waals surface area contributed by atoms with Crippen molar-refractivity contribution < 1.29 is 27.4 Å². The number of aliphatic carboxylic acids is 1. The van der Waals surface area contributed by atoms with E-state index < -0.39 is 32.4 Å². The van der Waals surface area contributed by atoms with E-state index >= 15 is 0 Å². The van der Waals surface area contributed by atoms with Crippen molar-refractivity contribution in [1.82, 2.24) is 9.71 Å². The highest BCUT2D eigenvalue weighted by Gasteiger charge is 2.46. The van der Waals surface area contributed by atoms with Gasteiger partial charge in [-0.25, -0.2) is 17.8 Å². The summed E-state index contributed by atoms with van der Waals surface area (Å²) in [6.45, 7) is -0.199. The zero-order valence-electron chi connectivity index (χ0n) is 9.67. The molecule has 0 amide bonds. The fourth-order valence-electron chi connectivity index (χ4n) is 1.73. The minimum Gasteiger partial charge on any atom is -0.480 e. The zero-order valence-corrected chi connectivity index (χ0v) is 10.5. The van der Waals surface area contributed by atoms with Crippen LogP contribution in [0.5, 0.6) is 0 Å². The summed E-state index contributed by atoms with van der Waals surface area (Å²) in [7, 11) is -4.37. The van der Waals surface area contributed by atoms with Crippen LogP contribution in [0.2, 0.25) is 0 Å². The number of nitrogens with one attached hydrogen (secondary N) is 1. The number of carbonyl (C=O) groups is 1. The van der Waals surface area contributed by atoms with Crippen LogP contribution in [-0.4, -0.2) is 43.2 Å². The maximum atomic E-state index is 13.4. The van der Waals surface area contributed by atoms with Gasteiger partial charge in [0.15, 0.2) is 11.4 Å². The van der Waals surface area contributed by atoms with Gasteiger partial charge in [-0.1, -0.05) is 0 Å². The predicted octanol–water partition coefficient (Wildman–Crippen LogP) is -0.257. The SMILES string of the molecule is O=C(O)C1(NS(=O)(=O)c2ncccc2F)CCOC1. The third-order valence-corrected chi connectivity index (χ3v) is 4.21. The Morgan fingerprint density at radius 2 is 2.32 bits per heavy atom. The number of rotatable bonds is 4. The smallest absolute Gasteiger partial charge is 0.327 e. The second-order valence-corrected chi connectivity index (χ2v) is 5.68. The van der Waals surface area contributed by atoms with Gasteiger partial charge >= 0.3 is 5.97 Å². The van der Waals surface area contributed by atoms with Crippen LogP contribution < -0.4 is 4.72 Å². The van der Waals surface area contributed by atoms with E-state index in [0.717, 1.165) is 12.3 Å². The Morgan fingerprint density at radius 1 is 1.58 bits per heavy atom. The summed E-state index contributed by atoms with van der Waals surface area (Å²) in [6, 6.07) is 2.17. The van der Waals surface area contributed by atoms with Crippen molar-refractivity contribution in [2.45, 2.75) is 17.0 Å². The summed E-state index contributed by atoms with van der Waals surface area (Å²) in [5.41, 5.74) is -1.78. The van der Waals surface area contributed by atoms with Gasteiger partial charge in [0.25, 0.3) is 10.0 Å². The van der Waals surface area contributed by atoms with E-state index in [4.69, 9.17) is 9.84 Å². The quantitative estimate of drug-likeness (QED) is 0.791. The molecule has 0 bridgehead atoms. The van der Waals surface area contributed by atoms with Crippen LogP contribution in [0, 0.1) is 5.82 Å². The molecule has 1 fully saturated rings. The Hall–Kier alpha value is -1.58. The molecule has 1 atom stereocenters. The molecule has 1 unspecified atom stereocenters. The maximum absolute atomic E-state index is 13.4. The number of carboxylic acids is 1. The van der Waals surface area contributed by atoms with E-state index in [-0.39, 0.29) is 19.6 Å². The van der Waals surface area contributed by atoms with Crippen molar-refractivity contribution in [3.8, 4) is 0 Å². The summed E-state index contributed by atoms with van der Waals surface area (Å²) in [4.78, 5) is 14.6. The lowest BCUT2D eigenvalue weighted by Crippen LogP contribution is -2.55. The molecular weight excluding hydrogens is 279 g/mol. The molecule has 0 spiro atoms. The normalized spacial score (nSPS) is 23.4. The second kappa shape index (κ2) is 4.83. The Labute approximate surface area is 108 Å². The van der Waals surface area contributed by atoms with Gasteiger partial charge in [0.1, 0.15) is 0 Å². The highest BCUT2D eigenvalue weighted by Crippen LogP contribution is 2.22. The average Bonchev–Trinajstić information content (AvgIpc) is 2.78. The molecule has 1 aromatic rings. The third-order valence-electron chi connectivity index (χ3n) is 2.74. The summed E-state index contributed by atoms with van der Waals surface area (Å²) >= 11 is 0. The van der Waals surface area contributed by atoms with Crippen LogP contribution in [0.4, 0.5) is 4.39 Å². The zero-order chi connectivity index (χ0) is 14.1. The van der Waals surface area contributed by atoms with Crippen molar-refractivity contribution in [3.63, 3.8) is 0 Å². The number of aromatic nitrogens is 1. The summed E-state index contributed by atoms with van der Waals surface area (Å²) < 4.78 is 44.3. The maximum Gasteiger partial charge on any atom is 0.327 e. The molecule has 1 aromatic heterocycles. The van der Waals surface area contributed by atoms with Crippen molar-refractivity contribution in [3.05, 3.63) is 24.1 Å². The molecule has 19 heavy (non-hydrogen) atoms. The molecule has 0 radical (unpaired) electrons. The molecule has 7 nitrogen and oxygen atoms in total. The van der Waals surface area contributed by atoms with Crippen LogP contribution in [0.15, 0.2) is 23.4 Å². The molecule has 0 saturated carbocycles. The van der Waals surface area contributed by atoms with Gasteiger partial charge < -0.3 is 9.84 Å². The Kier molecular flexibility index (Phi) is 3.52. The molecule has 2 rings (SSSR count). The number of nitrogens with zero attached hydrogens (tertiary/aromatic N) is 1. The highest BCUT2D eigenvalue weighted by atomic mass is 32.2. The van der Waals surface area contributed by atoms with Crippen molar-refractivity contribution in [1.29, 1.82) is 0 Å². The molecule has 1 saturated heterocycles. The first-order valence-corrected chi connectivity index (χ1v) is 6.81. The van der Waals surface area contributed by atoms with Crippen LogP contribution in [0.25, 0.3) is 0 Å². The van der Waals surface area contributed by atoms with E-state index in [1.54, 1.807) is 0 Å². The standard InChI is InChI=1S/C10H11FN2O5S/c11-7-2-1-4-12-8(7)19(16,17)13-10(9(14)15)3-5-18-6-10/h1-2,4,13H,3,5-6H2,(H,14,15). The van der Waals surface area contributed by atoms with Crippen LogP contribution >= 0.6 is 0 Å². The number of hydrogen-bond donors (Lipinski definition) is 2. The van der Waals surface area contributed by atoms with E-state index in [9.17, 15) is 17.6 Å². The lowest BCUT2D eigenvalue weighted by Gasteiger charge is -2.23. The van der Waals surface area contributed by atoms with E-state index in [1.165, 1.54) is 6.07 Å². The number of pyridine rings is 1. The molecule has 0 aromatic carbocycles. The number of ether oxygens (including phenoxy) is 1. The van der Waals surface area contributed by atoms with Crippen LogP contribution in [-0.2, 0) is 19.6 Å². The van der Waals surface area contributed by atoms with Gasteiger partial charge in [-0.2, -0.15) is 4.72 Å².